The summed E-state index contributed by atoms with van der Waals surface area (Å²) in [4.78, 5) is 0.326. The number of alkyl halides is 1. The molecule has 0 aliphatic heterocycles. The Kier molecular flexibility index (Phi) is 3.69. The summed E-state index contributed by atoms with van der Waals surface area (Å²) >= 11 is 3.12. The van der Waals surface area contributed by atoms with Crippen LogP contribution >= 0.6 is 15.9 Å². The quantitative estimate of drug-likeness (QED) is 0.783. The summed E-state index contributed by atoms with van der Waals surface area (Å²) in [6.45, 7) is 0. The smallest absolute Gasteiger partial charge is 0.199 e. The molecule has 0 aliphatic carbocycles. The van der Waals surface area contributed by atoms with E-state index in [2.05, 4.69) is 15.9 Å². The fourth-order valence-corrected chi connectivity index (χ4v) is 2.33. The summed E-state index contributed by atoms with van der Waals surface area (Å²) in [6.07, 6.45) is 1.56. The maximum Gasteiger partial charge on any atom is 0.199 e. The van der Waals surface area contributed by atoms with Gasteiger partial charge in [-0.25, -0.2) is 8.42 Å². The van der Waals surface area contributed by atoms with E-state index in [0.717, 1.165) is 0 Å². The van der Waals surface area contributed by atoms with Crippen LogP contribution in [0.5, 0.6) is 0 Å². The first-order chi connectivity index (χ1) is 6.17. The lowest BCUT2D eigenvalue weighted by atomic mass is 10.4. The van der Waals surface area contributed by atoms with Crippen LogP contribution in [0.25, 0.3) is 0 Å². The minimum atomic E-state index is -3.23. The van der Waals surface area contributed by atoms with E-state index in [0.29, 0.717) is 10.2 Å². The van der Waals surface area contributed by atoms with Gasteiger partial charge < -0.3 is 0 Å². The van der Waals surface area contributed by atoms with Crippen molar-refractivity contribution in [3.8, 4) is 0 Å². The second kappa shape index (κ2) is 4.58. The molecule has 0 radical (unpaired) electrons. The summed E-state index contributed by atoms with van der Waals surface area (Å²) in [6, 6.07) is 8.35. The zero-order chi connectivity index (χ0) is 9.73. The normalized spacial score (nSPS) is 12.1. The van der Waals surface area contributed by atoms with E-state index in [1.165, 1.54) is 5.41 Å². The number of allylic oxidation sites excluding steroid dienone is 1. The van der Waals surface area contributed by atoms with Gasteiger partial charge in [-0.1, -0.05) is 40.2 Å². The molecule has 1 aromatic rings. The zero-order valence-corrected chi connectivity index (χ0v) is 9.25. The molecule has 0 heterocycles. The van der Waals surface area contributed by atoms with Gasteiger partial charge in [0, 0.05) is 10.7 Å². The van der Waals surface area contributed by atoms with E-state index < -0.39 is 9.84 Å². The Hall–Kier alpha value is -0.610. The van der Waals surface area contributed by atoms with E-state index in [4.69, 9.17) is 0 Å². The molecular weight excluding hydrogens is 252 g/mol. The first-order valence-corrected chi connectivity index (χ1v) is 6.36. The van der Waals surface area contributed by atoms with Gasteiger partial charge in [0.05, 0.1) is 4.90 Å². The third-order valence-electron chi connectivity index (χ3n) is 1.44. The summed E-state index contributed by atoms with van der Waals surface area (Å²) in [7, 11) is -3.23. The number of rotatable bonds is 3. The monoisotopic (exact) mass is 260 g/mol. The highest BCUT2D eigenvalue weighted by Gasteiger charge is 2.07. The van der Waals surface area contributed by atoms with Crippen molar-refractivity contribution in [1.82, 2.24) is 0 Å². The Bertz CT molecular complexity index is 381. The summed E-state index contributed by atoms with van der Waals surface area (Å²) in [5.74, 6) is 0. The van der Waals surface area contributed by atoms with Crippen LogP contribution in [-0.2, 0) is 9.84 Å². The van der Waals surface area contributed by atoms with E-state index in [9.17, 15) is 8.42 Å². The van der Waals surface area contributed by atoms with Crippen molar-refractivity contribution in [1.29, 1.82) is 0 Å². The second-order valence-electron chi connectivity index (χ2n) is 2.38. The lowest BCUT2D eigenvalue weighted by molar-refractivity contribution is 0.604. The van der Waals surface area contributed by atoms with Gasteiger partial charge in [-0.2, -0.15) is 0 Å². The van der Waals surface area contributed by atoms with Gasteiger partial charge in [0.1, 0.15) is 0 Å². The molecule has 0 bridgehead atoms. The molecule has 0 saturated heterocycles. The zero-order valence-electron chi connectivity index (χ0n) is 6.85. The Labute approximate surface area is 86.3 Å². The lowest BCUT2D eigenvalue weighted by Crippen LogP contribution is -1.95. The number of hydrogen-bond acceptors (Lipinski definition) is 2. The standard InChI is InChI=1S/C9H9BrO2S/c10-7-4-8-13(11,12)9-5-2-1-3-6-9/h1-6,8H,7H2. The average molecular weight is 261 g/mol. The first kappa shape index (κ1) is 10.5. The van der Waals surface area contributed by atoms with Crippen LogP contribution in [0.1, 0.15) is 0 Å². The molecule has 1 rings (SSSR count). The van der Waals surface area contributed by atoms with Crippen molar-refractivity contribution in [2.24, 2.45) is 0 Å². The van der Waals surface area contributed by atoms with Crippen LogP contribution in [0.15, 0.2) is 46.7 Å². The van der Waals surface area contributed by atoms with Gasteiger partial charge >= 0.3 is 0 Å². The predicted molar refractivity (Wildman–Crippen MR) is 56.6 cm³/mol. The number of sulfone groups is 1. The van der Waals surface area contributed by atoms with Crippen molar-refractivity contribution in [2.45, 2.75) is 4.90 Å². The number of benzene rings is 1. The molecule has 4 heteroatoms. The molecule has 0 saturated carbocycles. The van der Waals surface area contributed by atoms with Gasteiger partial charge in [0.15, 0.2) is 9.84 Å². The maximum atomic E-state index is 11.5. The number of halogens is 1. The molecule has 0 N–H and O–H groups in total. The summed E-state index contributed by atoms with van der Waals surface area (Å²) in [5, 5.41) is 1.75. The van der Waals surface area contributed by atoms with Crippen molar-refractivity contribution >= 4 is 25.8 Å². The molecule has 0 aromatic heterocycles. The molecule has 0 spiro atoms. The second-order valence-corrected chi connectivity index (χ2v) is 4.87. The van der Waals surface area contributed by atoms with Crippen LogP contribution in [0.2, 0.25) is 0 Å². The lowest BCUT2D eigenvalue weighted by Gasteiger charge is -1.96. The van der Waals surface area contributed by atoms with Gasteiger partial charge in [-0.15, -0.1) is 0 Å². The van der Waals surface area contributed by atoms with Gasteiger partial charge in [-0.3, -0.25) is 0 Å². The summed E-state index contributed by atoms with van der Waals surface area (Å²) < 4.78 is 23.0. The topological polar surface area (TPSA) is 34.1 Å². The molecule has 2 nitrogen and oxygen atoms in total. The Balaban J connectivity index is 3.02. The van der Waals surface area contributed by atoms with Crippen molar-refractivity contribution in [2.75, 3.05) is 5.33 Å². The van der Waals surface area contributed by atoms with Gasteiger partial charge in [0.2, 0.25) is 0 Å². The van der Waals surface area contributed by atoms with Gasteiger partial charge in [0.25, 0.3) is 0 Å². The maximum absolute atomic E-state index is 11.5. The van der Waals surface area contributed by atoms with Crippen LogP contribution in [0, 0.1) is 0 Å². The van der Waals surface area contributed by atoms with Gasteiger partial charge in [-0.05, 0) is 12.1 Å². The fraction of sp³-hybridized carbons (Fsp3) is 0.111. The molecule has 13 heavy (non-hydrogen) atoms. The Morgan fingerprint density at radius 2 is 1.85 bits per heavy atom. The van der Waals surface area contributed by atoms with Crippen LogP contribution in [-0.4, -0.2) is 13.7 Å². The minimum absolute atomic E-state index is 0.326. The molecule has 70 valence electrons. The molecule has 0 aliphatic rings. The molecule has 0 unspecified atom stereocenters. The molecular formula is C9H9BrO2S. The molecule has 0 atom stereocenters. The highest BCUT2D eigenvalue weighted by molar-refractivity contribution is 9.09. The van der Waals surface area contributed by atoms with E-state index in [1.54, 1.807) is 36.4 Å². The van der Waals surface area contributed by atoms with Crippen LogP contribution < -0.4 is 0 Å². The molecule has 1 aromatic carbocycles. The molecule has 0 amide bonds. The predicted octanol–water partition coefficient (Wildman–Crippen LogP) is 2.37. The van der Waals surface area contributed by atoms with Crippen molar-refractivity contribution < 1.29 is 8.42 Å². The average Bonchev–Trinajstić information content (AvgIpc) is 2.16. The Morgan fingerprint density at radius 1 is 1.23 bits per heavy atom. The SMILES string of the molecule is O=S(=O)(C=CCBr)c1ccccc1. The van der Waals surface area contributed by atoms with Crippen molar-refractivity contribution in [3.05, 3.63) is 41.8 Å². The van der Waals surface area contributed by atoms with E-state index in [-0.39, 0.29) is 0 Å². The third-order valence-corrected chi connectivity index (χ3v) is 3.29. The van der Waals surface area contributed by atoms with E-state index >= 15 is 0 Å². The highest BCUT2D eigenvalue weighted by Crippen LogP contribution is 2.10. The number of hydrogen-bond donors (Lipinski definition) is 0. The molecule has 0 fully saturated rings. The minimum Gasteiger partial charge on any atom is -0.219 e. The largest absolute Gasteiger partial charge is 0.219 e. The summed E-state index contributed by atoms with van der Waals surface area (Å²) in [5.41, 5.74) is 0. The van der Waals surface area contributed by atoms with Crippen LogP contribution in [0.4, 0.5) is 0 Å². The third kappa shape index (κ3) is 2.97. The van der Waals surface area contributed by atoms with Crippen LogP contribution in [0.3, 0.4) is 0 Å². The van der Waals surface area contributed by atoms with E-state index in [1.807, 2.05) is 0 Å². The highest BCUT2D eigenvalue weighted by atomic mass is 79.9. The fourth-order valence-electron chi connectivity index (χ4n) is 0.852. The van der Waals surface area contributed by atoms with Crippen molar-refractivity contribution in [3.63, 3.8) is 0 Å². The first-order valence-electron chi connectivity index (χ1n) is 3.69. The Morgan fingerprint density at radius 3 is 2.38 bits per heavy atom.